The number of thiophene rings is 1. The Morgan fingerprint density at radius 3 is 1.76 bits per heavy atom. The summed E-state index contributed by atoms with van der Waals surface area (Å²) in [5.74, 6) is 0.745. The molecule has 2 aliphatic rings. The van der Waals surface area contributed by atoms with Gasteiger partial charge in [0.1, 0.15) is 0 Å². The molecule has 3 heteroatoms. The average molecular weight is 753 g/mol. The molecule has 1 spiro atoms. The van der Waals surface area contributed by atoms with Gasteiger partial charge in [-0.2, -0.15) is 0 Å². The molecule has 13 rings (SSSR count). The van der Waals surface area contributed by atoms with Crippen molar-refractivity contribution in [3.63, 3.8) is 0 Å². The molecule has 0 atom stereocenters. The maximum Gasteiger partial charge on any atom is 0.161 e. The van der Waals surface area contributed by atoms with Crippen molar-refractivity contribution in [3.05, 3.63) is 216 Å². The van der Waals surface area contributed by atoms with Gasteiger partial charge in [-0.1, -0.05) is 182 Å². The van der Waals surface area contributed by atoms with Crippen molar-refractivity contribution in [2.75, 3.05) is 0 Å². The van der Waals surface area contributed by atoms with Gasteiger partial charge in [0.2, 0.25) is 0 Å². The fourth-order valence-electron chi connectivity index (χ4n) is 10.4. The Labute approximate surface area is 339 Å². The minimum atomic E-state index is -0.555. The minimum absolute atomic E-state index is 0.555. The van der Waals surface area contributed by atoms with Gasteiger partial charge >= 0.3 is 0 Å². The summed E-state index contributed by atoms with van der Waals surface area (Å²) < 4.78 is 2.32. The second kappa shape index (κ2) is 11.9. The van der Waals surface area contributed by atoms with Crippen LogP contribution in [0.5, 0.6) is 0 Å². The van der Waals surface area contributed by atoms with Gasteiger partial charge in [-0.05, 0) is 89.3 Å². The Morgan fingerprint density at radius 2 is 0.983 bits per heavy atom. The summed E-state index contributed by atoms with van der Waals surface area (Å²) in [5.41, 5.74) is 16.3. The highest BCUT2D eigenvalue weighted by Gasteiger charge is 2.53. The van der Waals surface area contributed by atoms with Crippen molar-refractivity contribution in [1.29, 1.82) is 0 Å². The quantitative estimate of drug-likeness (QED) is 0.180. The fourth-order valence-corrected chi connectivity index (χ4v) is 11.5. The maximum absolute atomic E-state index is 5.62. The van der Waals surface area contributed by atoms with Crippen LogP contribution in [0.3, 0.4) is 0 Å². The van der Waals surface area contributed by atoms with Crippen LogP contribution in [0.1, 0.15) is 22.3 Å². The molecule has 58 heavy (non-hydrogen) atoms. The van der Waals surface area contributed by atoms with Gasteiger partial charge < -0.3 is 0 Å². The van der Waals surface area contributed by atoms with Gasteiger partial charge in [0.05, 0.1) is 21.3 Å². The van der Waals surface area contributed by atoms with Crippen LogP contribution in [0.25, 0.3) is 97.9 Å². The van der Waals surface area contributed by atoms with Gasteiger partial charge in [0.25, 0.3) is 0 Å². The summed E-state index contributed by atoms with van der Waals surface area (Å²) in [5, 5.41) is 6.24. The molecule has 11 aromatic rings. The van der Waals surface area contributed by atoms with Gasteiger partial charge in [-0.3, -0.25) is 0 Å². The van der Waals surface area contributed by atoms with E-state index < -0.39 is 5.41 Å². The topological polar surface area (TPSA) is 25.8 Å². The van der Waals surface area contributed by atoms with E-state index in [0.29, 0.717) is 0 Å². The highest BCUT2D eigenvalue weighted by atomic mass is 32.1. The number of rotatable bonds is 3. The van der Waals surface area contributed by atoms with Gasteiger partial charge in [0, 0.05) is 21.2 Å². The Bertz CT molecular complexity index is 3440. The van der Waals surface area contributed by atoms with E-state index in [4.69, 9.17) is 9.97 Å². The second-order valence-electron chi connectivity index (χ2n) is 15.6. The summed E-state index contributed by atoms with van der Waals surface area (Å²) in [6.45, 7) is 0. The van der Waals surface area contributed by atoms with Crippen LogP contribution in [0.4, 0.5) is 0 Å². The zero-order chi connectivity index (χ0) is 38.0. The van der Waals surface area contributed by atoms with Crippen molar-refractivity contribution in [2.24, 2.45) is 0 Å². The van der Waals surface area contributed by atoms with E-state index in [-0.39, 0.29) is 0 Å². The zero-order valence-corrected chi connectivity index (χ0v) is 32.1. The van der Waals surface area contributed by atoms with Crippen LogP contribution in [0.2, 0.25) is 0 Å². The molecule has 2 aliphatic carbocycles. The molecule has 0 saturated carbocycles. The van der Waals surface area contributed by atoms with Crippen molar-refractivity contribution in [3.8, 4) is 56.0 Å². The molecule has 0 aliphatic heterocycles. The third-order valence-corrected chi connectivity index (χ3v) is 13.8. The smallest absolute Gasteiger partial charge is 0.161 e. The normalized spacial score (nSPS) is 13.3. The summed E-state index contributed by atoms with van der Waals surface area (Å²) >= 11 is 1.78. The molecule has 0 amide bonds. The van der Waals surface area contributed by atoms with E-state index >= 15 is 0 Å². The number of hydrogen-bond acceptors (Lipinski definition) is 3. The molecular weight excluding hydrogens is 721 g/mol. The molecule has 0 radical (unpaired) electrons. The summed E-state index contributed by atoms with van der Waals surface area (Å²) in [6, 6.07) is 71.2. The molecule has 0 fully saturated rings. The second-order valence-corrected chi connectivity index (χ2v) is 16.6. The first-order chi connectivity index (χ1) is 28.8. The van der Waals surface area contributed by atoms with Gasteiger partial charge in [-0.25, -0.2) is 9.97 Å². The van der Waals surface area contributed by atoms with Crippen LogP contribution < -0.4 is 0 Å². The number of fused-ring (bicyclic) bond motifs is 17. The lowest BCUT2D eigenvalue weighted by Gasteiger charge is -2.32. The minimum Gasteiger partial charge on any atom is -0.226 e. The third kappa shape index (κ3) is 4.21. The van der Waals surface area contributed by atoms with E-state index in [1.165, 1.54) is 81.9 Å². The lowest BCUT2D eigenvalue weighted by Crippen LogP contribution is -2.26. The summed E-state index contributed by atoms with van der Waals surface area (Å²) in [4.78, 5) is 11.2. The van der Waals surface area contributed by atoms with E-state index in [1.54, 1.807) is 11.3 Å². The van der Waals surface area contributed by atoms with E-state index in [9.17, 15) is 0 Å². The predicted octanol–water partition coefficient (Wildman–Crippen LogP) is 14.5. The van der Waals surface area contributed by atoms with Crippen LogP contribution >= 0.6 is 11.3 Å². The van der Waals surface area contributed by atoms with E-state index in [1.807, 2.05) is 0 Å². The highest BCUT2D eigenvalue weighted by molar-refractivity contribution is 7.26. The number of aromatic nitrogens is 2. The first kappa shape index (κ1) is 31.9. The first-order valence-electron chi connectivity index (χ1n) is 19.9. The standard InChI is InChI=1S/C55H32N2S/c1-2-14-33(15-3-1)36-18-12-19-37(32-36)51-53-52(43-23-9-11-27-47(43)58-53)57-54(56-51)44-24-13-26-46-48(44)42-22-8-10-25-45(42)55(46)49-38-20-6-4-16-34(38)28-30-40(49)41-31-29-35-17-5-7-21-39(35)50(41)55/h1-32H. The Hall–Kier alpha value is -7.20. The molecule has 2 heterocycles. The van der Waals surface area contributed by atoms with Crippen LogP contribution in [0, 0.1) is 0 Å². The summed E-state index contributed by atoms with van der Waals surface area (Å²) in [7, 11) is 0. The average Bonchev–Trinajstić information content (AvgIpc) is 3.93. The van der Waals surface area contributed by atoms with Crippen molar-refractivity contribution >= 4 is 53.2 Å². The number of nitrogens with zero attached hydrogens (tertiary/aromatic N) is 2. The van der Waals surface area contributed by atoms with Gasteiger partial charge in [0.15, 0.2) is 5.82 Å². The molecule has 268 valence electrons. The van der Waals surface area contributed by atoms with Gasteiger partial charge in [-0.15, -0.1) is 11.3 Å². The SMILES string of the molecule is c1ccc(-c2cccc(-c3nc(-c4cccc5c4-c4ccccc4C54c5c(ccc6ccccc56)-c5ccc6ccccc6c54)nc4c3sc3ccccc34)c2)cc1. The monoisotopic (exact) mass is 752 g/mol. The highest BCUT2D eigenvalue weighted by Crippen LogP contribution is 2.66. The zero-order valence-electron chi connectivity index (χ0n) is 31.3. The Kier molecular flexibility index (Phi) is 6.56. The number of hydrogen-bond donors (Lipinski definition) is 0. The largest absolute Gasteiger partial charge is 0.226 e. The molecule has 9 aromatic carbocycles. The lowest BCUT2D eigenvalue weighted by molar-refractivity contribution is 0.809. The lowest BCUT2D eigenvalue weighted by atomic mass is 9.68. The molecule has 0 unspecified atom stereocenters. The molecular formula is C55H32N2S. The van der Waals surface area contributed by atoms with E-state index in [0.717, 1.165) is 38.2 Å². The van der Waals surface area contributed by atoms with Crippen molar-refractivity contribution < 1.29 is 0 Å². The van der Waals surface area contributed by atoms with Crippen LogP contribution in [0.15, 0.2) is 194 Å². The Morgan fingerprint density at radius 1 is 0.397 bits per heavy atom. The van der Waals surface area contributed by atoms with Crippen molar-refractivity contribution in [2.45, 2.75) is 5.41 Å². The first-order valence-corrected chi connectivity index (χ1v) is 20.7. The maximum atomic E-state index is 5.62. The van der Waals surface area contributed by atoms with E-state index in [2.05, 4.69) is 194 Å². The van der Waals surface area contributed by atoms with Crippen molar-refractivity contribution in [1.82, 2.24) is 9.97 Å². The molecule has 2 nitrogen and oxygen atoms in total. The predicted molar refractivity (Wildman–Crippen MR) is 243 cm³/mol. The summed E-state index contributed by atoms with van der Waals surface area (Å²) in [6.07, 6.45) is 0. The molecule has 0 bridgehead atoms. The van der Waals surface area contributed by atoms with Crippen LogP contribution in [-0.4, -0.2) is 9.97 Å². The van der Waals surface area contributed by atoms with Crippen LogP contribution in [-0.2, 0) is 5.41 Å². The fraction of sp³-hybridized carbons (Fsp3) is 0.0182. The molecule has 2 aromatic heterocycles. The molecule has 0 N–H and O–H groups in total. The third-order valence-electron chi connectivity index (χ3n) is 12.7. The Balaban J connectivity index is 1.15. The number of benzene rings is 9. The molecule has 0 saturated heterocycles.